The van der Waals surface area contributed by atoms with Gasteiger partial charge in [0.25, 0.3) is 0 Å². The van der Waals surface area contributed by atoms with E-state index in [1.165, 1.54) is 6.20 Å². The molecule has 1 heterocycles. The standard InChI is InChI=1S/C14H13F3N2/c1-10-11(2)19(9-14(15,16)17)8-13(18-10)12-6-4-3-5-7-12/h3-8,18H,1-2,9H2. The van der Waals surface area contributed by atoms with Crippen molar-refractivity contribution in [3.05, 3.63) is 66.6 Å². The van der Waals surface area contributed by atoms with E-state index >= 15 is 0 Å². The molecule has 0 aliphatic carbocycles. The number of hydrogen-bond acceptors (Lipinski definition) is 2. The Hall–Kier alpha value is -2.17. The Bertz CT molecular complexity index is 529. The molecule has 100 valence electrons. The minimum Gasteiger partial charge on any atom is -0.353 e. The minimum atomic E-state index is -4.29. The molecule has 0 fully saturated rings. The number of halogens is 3. The number of benzene rings is 1. The van der Waals surface area contributed by atoms with Crippen LogP contribution in [0.5, 0.6) is 0 Å². The average molecular weight is 266 g/mol. The van der Waals surface area contributed by atoms with E-state index in [0.29, 0.717) is 11.4 Å². The number of rotatable bonds is 2. The molecule has 1 aromatic carbocycles. The minimum absolute atomic E-state index is 0.219. The molecular formula is C14H13F3N2. The van der Waals surface area contributed by atoms with Gasteiger partial charge >= 0.3 is 6.18 Å². The molecule has 0 saturated carbocycles. The van der Waals surface area contributed by atoms with Gasteiger partial charge in [0.1, 0.15) is 6.54 Å². The summed E-state index contributed by atoms with van der Waals surface area (Å²) >= 11 is 0. The fraction of sp³-hybridized carbons (Fsp3) is 0.143. The number of alkyl halides is 3. The van der Waals surface area contributed by atoms with Gasteiger partial charge in [-0.25, -0.2) is 0 Å². The summed E-state index contributed by atoms with van der Waals surface area (Å²) in [4.78, 5) is 1.06. The molecule has 2 nitrogen and oxygen atoms in total. The van der Waals surface area contributed by atoms with Crippen LogP contribution in [0.15, 0.2) is 61.1 Å². The van der Waals surface area contributed by atoms with Gasteiger partial charge in [0, 0.05) is 6.20 Å². The Morgan fingerprint density at radius 3 is 2.32 bits per heavy atom. The van der Waals surface area contributed by atoms with E-state index in [-0.39, 0.29) is 5.70 Å². The molecule has 1 aliphatic rings. The highest BCUT2D eigenvalue weighted by atomic mass is 19.4. The van der Waals surface area contributed by atoms with Gasteiger partial charge in [0.2, 0.25) is 0 Å². The third-order valence-corrected chi connectivity index (χ3v) is 2.70. The highest BCUT2D eigenvalue weighted by Gasteiger charge is 2.32. The average Bonchev–Trinajstić information content (AvgIpc) is 2.34. The van der Waals surface area contributed by atoms with Crippen LogP contribution in [0.1, 0.15) is 5.56 Å². The number of hydrogen-bond donors (Lipinski definition) is 1. The molecule has 5 heteroatoms. The fourth-order valence-electron chi connectivity index (χ4n) is 1.77. The maximum absolute atomic E-state index is 12.5. The third kappa shape index (κ3) is 3.19. The molecule has 0 unspecified atom stereocenters. The van der Waals surface area contributed by atoms with Crippen LogP contribution >= 0.6 is 0 Å². The highest BCUT2D eigenvalue weighted by Crippen LogP contribution is 2.27. The normalized spacial score (nSPS) is 16.2. The molecule has 19 heavy (non-hydrogen) atoms. The zero-order chi connectivity index (χ0) is 14.0. The maximum atomic E-state index is 12.5. The molecule has 0 radical (unpaired) electrons. The topological polar surface area (TPSA) is 15.3 Å². The largest absolute Gasteiger partial charge is 0.406 e. The second-order valence-electron chi connectivity index (χ2n) is 4.20. The van der Waals surface area contributed by atoms with Gasteiger partial charge in [0.15, 0.2) is 0 Å². The van der Waals surface area contributed by atoms with Crippen LogP contribution in [0.25, 0.3) is 5.70 Å². The molecule has 0 bridgehead atoms. The first kappa shape index (κ1) is 13.3. The summed E-state index contributed by atoms with van der Waals surface area (Å²) in [5, 5.41) is 2.96. The van der Waals surface area contributed by atoms with Crippen molar-refractivity contribution in [1.82, 2.24) is 10.2 Å². The Kier molecular flexibility index (Phi) is 3.38. The van der Waals surface area contributed by atoms with Crippen LogP contribution in [0.2, 0.25) is 0 Å². The Morgan fingerprint density at radius 2 is 1.74 bits per heavy atom. The lowest BCUT2D eigenvalue weighted by atomic mass is 10.1. The van der Waals surface area contributed by atoms with E-state index in [2.05, 4.69) is 18.5 Å². The fourth-order valence-corrected chi connectivity index (χ4v) is 1.77. The Labute approximate surface area is 109 Å². The monoisotopic (exact) mass is 266 g/mol. The molecule has 0 aromatic heterocycles. The lowest BCUT2D eigenvalue weighted by molar-refractivity contribution is -0.137. The first-order valence-corrected chi connectivity index (χ1v) is 5.62. The lowest BCUT2D eigenvalue weighted by Crippen LogP contribution is -2.35. The molecule has 1 aliphatic heterocycles. The van der Waals surface area contributed by atoms with Crippen LogP contribution < -0.4 is 5.32 Å². The van der Waals surface area contributed by atoms with Crippen molar-refractivity contribution in [2.75, 3.05) is 6.54 Å². The van der Waals surface area contributed by atoms with Crippen molar-refractivity contribution >= 4 is 5.70 Å². The van der Waals surface area contributed by atoms with E-state index in [0.717, 1.165) is 10.5 Å². The summed E-state index contributed by atoms with van der Waals surface area (Å²) in [5.41, 5.74) is 1.95. The summed E-state index contributed by atoms with van der Waals surface area (Å²) < 4.78 is 37.5. The summed E-state index contributed by atoms with van der Waals surface area (Å²) in [5.74, 6) is 0. The smallest absolute Gasteiger partial charge is 0.353 e. The van der Waals surface area contributed by atoms with Crippen LogP contribution in [-0.4, -0.2) is 17.6 Å². The van der Waals surface area contributed by atoms with E-state index in [9.17, 15) is 13.2 Å². The molecular weight excluding hydrogens is 253 g/mol. The summed E-state index contributed by atoms with van der Waals surface area (Å²) in [6, 6.07) is 9.10. The molecule has 2 rings (SSSR count). The SMILES string of the molecule is C=C1NC(c2ccccc2)=CN(CC(F)(F)F)C1=C. The maximum Gasteiger partial charge on any atom is 0.406 e. The third-order valence-electron chi connectivity index (χ3n) is 2.70. The summed E-state index contributed by atoms with van der Waals surface area (Å²) in [6.07, 6.45) is -2.89. The molecule has 0 atom stereocenters. The molecule has 0 amide bonds. The Morgan fingerprint density at radius 1 is 1.11 bits per heavy atom. The van der Waals surface area contributed by atoms with Crippen molar-refractivity contribution in [3.8, 4) is 0 Å². The second-order valence-corrected chi connectivity index (χ2v) is 4.20. The van der Waals surface area contributed by atoms with Crippen LogP contribution in [0.3, 0.4) is 0 Å². The zero-order valence-electron chi connectivity index (χ0n) is 10.2. The van der Waals surface area contributed by atoms with E-state index in [4.69, 9.17) is 0 Å². The lowest BCUT2D eigenvalue weighted by Gasteiger charge is -2.32. The van der Waals surface area contributed by atoms with Crippen LogP contribution in [0, 0.1) is 0 Å². The van der Waals surface area contributed by atoms with Crippen molar-refractivity contribution < 1.29 is 13.2 Å². The summed E-state index contributed by atoms with van der Waals surface area (Å²) in [6.45, 7) is 6.22. The second kappa shape index (κ2) is 4.84. The van der Waals surface area contributed by atoms with Gasteiger partial charge in [-0.15, -0.1) is 0 Å². The predicted octanol–water partition coefficient (Wildman–Crippen LogP) is 3.48. The van der Waals surface area contributed by atoms with Crippen LogP contribution in [0.4, 0.5) is 13.2 Å². The van der Waals surface area contributed by atoms with Gasteiger partial charge in [-0.05, 0) is 5.56 Å². The van der Waals surface area contributed by atoms with E-state index < -0.39 is 12.7 Å². The van der Waals surface area contributed by atoms with E-state index in [1.54, 1.807) is 0 Å². The number of nitrogens with one attached hydrogen (secondary N) is 1. The molecule has 1 aromatic rings. The van der Waals surface area contributed by atoms with Crippen molar-refractivity contribution in [3.63, 3.8) is 0 Å². The van der Waals surface area contributed by atoms with Gasteiger partial charge < -0.3 is 10.2 Å². The number of nitrogens with zero attached hydrogens (tertiary/aromatic N) is 1. The van der Waals surface area contributed by atoms with Gasteiger partial charge in [0.05, 0.1) is 17.1 Å². The van der Waals surface area contributed by atoms with Crippen LogP contribution in [-0.2, 0) is 0 Å². The van der Waals surface area contributed by atoms with Crippen molar-refractivity contribution in [2.45, 2.75) is 6.18 Å². The quantitative estimate of drug-likeness (QED) is 0.881. The van der Waals surface area contributed by atoms with Gasteiger partial charge in [-0.3, -0.25) is 0 Å². The molecule has 0 saturated heterocycles. The predicted molar refractivity (Wildman–Crippen MR) is 68.6 cm³/mol. The zero-order valence-corrected chi connectivity index (χ0v) is 10.2. The first-order valence-electron chi connectivity index (χ1n) is 5.62. The van der Waals surface area contributed by atoms with Gasteiger partial charge in [-0.2, -0.15) is 13.2 Å². The highest BCUT2D eigenvalue weighted by molar-refractivity contribution is 5.68. The van der Waals surface area contributed by atoms with Crippen molar-refractivity contribution in [2.24, 2.45) is 0 Å². The Balaban J connectivity index is 2.32. The van der Waals surface area contributed by atoms with E-state index in [1.807, 2.05) is 30.3 Å². The molecule has 1 N–H and O–H groups in total. The van der Waals surface area contributed by atoms with Gasteiger partial charge in [-0.1, -0.05) is 43.5 Å². The summed E-state index contributed by atoms with van der Waals surface area (Å²) in [7, 11) is 0. The first-order chi connectivity index (χ1) is 8.87. The molecule has 0 spiro atoms. The van der Waals surface area contributed by atoms with Crippen molar-refractivity contribution in [1.29, 1.82) is 0 Å².